The number of alkyl halides is 1. The molecule has 0 bridgehead atoms. The normalized spacial score (nSPS) is 15.5. The van der Waals surface area contributed by atoms with Crippen molar-refractivity contribution in [3.63, 3.8) is 0 Å². The third-order valence-electron chi connectivity index (χ3n) is 1.78. The molecule has 0 radical (unpaired) electrons. The summed E-state index contributed by atoms with van der Waals surface area (Å²) in [4.78, 5) is 23.3. The average Bonchev–Trinajstić information content (AvgIpc) is 2.85. The molecule has 0 aromatic carbocycles. The lowest BCUT2D eigenvalue weighted by Crippen LogP contribution is -2.42. The number of nitrogens with one attached hydrogen (secondary N) is 1. The molecule has 68 valence electrons. The van der Waals surface area contributed by atoms with Crippen molar-refractivity contribution in [1.82, 2.24) is 10.2 Å². The summed E-state index contributed by atoms with van der Waals surface area (Å²) in [5.41, 5.74) is 0. The summed E-state index contributed by atoms with van der Waals surface area (Å²) < 4.78 is 0. The number of hydrogen-bond acceptors (Lipinski definition) is 2. The van der Waals surface area contributed by atoms with Crippen LogP contribution < -0.4 is 5.32 Å². The van der Waals surface area contributed by atoms with Crippen molar-refractivity contribution in [3.05, 3.63) is 0 Å². The molecule has 1 fully saturated rings. The molecule has 4 nitrogen and oxygen atoms in total. The Kier molecular flexibility index (Phi) is 2.92. The molecule has 0 heterocycles. The van der Waals surface area contributed by atoms with Gasteiger partial charge in [-0.2, -0.15) is 0 Å². The SMILES string of the molecule is CN(C(=O)NC(=O)CCl)C1CC1. The molecule has 0 atom stereocenters. The van der Waals surface area contributed by atoms with E-state index in [1.54, 1.807) is 7.05 Å². The van der Waals surface area contributed by atoms with E-state index in [0.29, 0.717) is 6.04 Å². The Labute approximate surface area is 75.9 Å². The molecule has 0 aromatic heterocycles. The van der Waals surface area contributed by atoms with Gasteiger partial charge in [0.05, 0.1) is 0 Å². The Bertz CT molecular complexity index is 204. The maximum absolute atomic E-state index is 11.1. The monoisotopic (exact) mass is 190 g/mol. The summed E-state index contributed by atoms with van der Waals surface area (Å²) in [6, 6.07) is -0.0451. The molecule has 1 rings (SSSR count). The number of halogens is 1. The van der Waals surface area contributed by atoms with Crippen LogP contribution in [0.15, 0.2) is 0 Å². The zero-order chi connectivity index (χ0) is 9.14. The first-order chi connectivity index (χ1) is 5.65. The van der Waals surface area contributed by atoms with Crippen molar-refractivity contribution in [2.45, 2.75) is 18.9 Å². The van der Waals surface area contributed by atoms with Gasteiger partial charge >= 0.3 is 6.03 Å². The van der Waals surface area contributed by atoms with E-state index in [-0.39, 0.29) is 11.9 Å². The lowest BCUT2D eigenvalue weighted by atomic mass is 10.6. The molecule has 12 heavy (non-hydrogen) atoms. The van der Waals surface area contributed by atoms with Crippen LogP contribution in [0.4, 0.5) is 4.79 Å². The first-order valence-electron chi connectivity index (χ1n) is 3.77. The second kappa shape index (κ2) is 3.76. The van der Waals surface area contributed by atoms with Gasteiger partial charge < -0.3 is 4.90 Å². The zero-order valence-corrected chi connectivity index (χ0v) is 7.60. The summed E-state index contributed by atoms with van der Waals surface area (Å²) >= 11 is 5.21. The van der Waals surface area contributed by atoms with Gasteiger partial charge in [0.15, 0.2) is 0 Å². The van der Waals surface area contributed by atoms with Crippen molar-refractivity contribution in [1.29, 1.82) is 0 Å². The summed E-state index contributed by atoms with van der Waals surface area (Å²) in [5, 5.41) is 2.17. The molecule has 0 saturated heterocycles. The van der Waals surface area contributed by atoms with Crippen LogP contribution in [0, 0.1) is 0 Å². The molecule has 1 saturated carbocycles. The van der Waals surface area contributed by atoms with Crippen LogP contribution in [0.1, 0.15) is 12.8 Å². The van der Waals surface area contributed by atoms with E-state index < -0.39 is 5.91 Å². The van der Waals surface area contributed by atoms with Gasteiger partial charge in [0.25, 0.3) is 0 Å². The predicted molar refractivity (Wildman–Crippen MR) is 45.0 cm³/mol. The first kappa shape index (κ1) is 9.32. The van der Waals surface area contributed by atoms with Gasteiger partial charge in [0.2, 0.25) is 5.91 Å². The number of carbonyl (C=O) groups is 2. The molecule has 3 amide bonds. The second-order valence-electron chi connectivity index (χ2n) is 2.83. The highest BCUT2D eigenvalue weighted by Gasteiger charge is 2.29. The second-order valence-corrected chi connectivity index (χ2v) is 3.10. The van der Waals surface area contributed by atoms with Crippen molar-refractivity contribution >= 4 is 23.5 Å². The van der Waals surface area contributed by atoms with E-state index in [4.69, 9.17) is 11.6 Å². The fourth-order valence-electron chi connectivity index (χ4n) is 0.869. The Balaban J connectivity index is 2.31. The summed E-state index contributed by atoms with van der Waals surface area (Å²) in [6.07, 6.45) is 2.05. The van der Waals surface area contributed by atoms with Gasteiger partial charge in [-0.25, -0.2) is 4.79 Å². The maximum atomic E-state index is 11.1. The quantitative estimate of drug-likeness (QED) is 0.647. The number of carbonyl (C=O) groups excluding carboxylic acids is 2. The van der Waals surface area contributed by atoms with E-state index in [9.17, 15) is 9.59 Å². The molecule has 0 aromatic rings. The Morgan fingerprint density at radius 3 is 2.58 bits per heavy atom. The molecule has 1 aliphatic carbocycles. The van der Waals surface area contributed by atoms with Crippen LogP contribution in [-0.2, 0) is 4.79 Å². The van der Waals surface area contributed by atoms with Crippen LogP contribution in [-0.4, -0.2) is 35.8 Å². The summed E-state index contributed by atoms with van der Waals surface area (Å²) in [6.45, 7) is 0. The minimum Gasteiger partial charge on any atom is -0.325 e. The highest BCUT2D eigenvalue weighted by atomic mass is 35.5. The van der Waals surface area contributed by atoms with Crippen molar-refractivity contribution in [2.75, 3.05) is 12.9 Å². The van der Waals surface area contributed by atoms with Gasteiger partial charge in [-0.1, -0.05) is 0 Å². The van der Waals surface area contributed by atoms with Crippen LogP contribution in [0.5, 0.6) is 0 Å². The standard InChI is InChI=1S/C7H11ClN2O2/c1-10(5-2-3-5)7(12)9-6(11)4-8/h5H,2-4H2,1H3,(H,9,11,12). The number of rotatable bonds is 2. The topological polar surface area (TPSA) is 49.4 Å². The number of nitrogens with zero attached hydrogens (tertiary/aromatic N) is 1. The van der Waals surface area contributed by atoms with Crippen LogP contribution in [0.2, 0.25) is 0 Å². The molecule has 1 N–H and O–H groups in total. The number of hydrogen-bond donors (Lipinski definition) is 1. The minimum atomic E-state index is -0.450. The third-order valence-corrected chi connectivity index (χ3v) is 2.03. The van der Waals surface area contributed by atoms with Gasteiger partial charge in [0, 0.05) is 13.1 Å². The lowest BCUT2D eigenvalue weighted by Gasteiger charge is -2.15. The van der Waals surface area contributed by atoms with Crippen LogP contribution >= 0.6 is 11.6 Å². The van der Waals surface area contributed by atoms with Crippen molar-refractivity contribution < 1.29 is 9.59 Å². The number of urea groups is 1. The van der Waals surface area contributed by atoms with Crippen molar-refractivity contribution in [3.8, 4) is 0 Å². The van der Waals surface area contributed by atoms with Gasteiger partial charge in [-0.3, -0.25) is 10.1 Å². The largest absolute Gasteiger partial charge is 0.325 e. The zero-order valence-electron chi connectivity index (χ0n) is 6.84. The molecule has 5 heteroatoms. The summed E-state index contributed by atoms with van der Waals surface area (Å²) in [7, 11) is 1.68. The highest BCUT2D eigenvalue weighted by Crippen LogP contribution is 2.24. The molecule has 0 unspecified atom stereocenters. The van der Waals surface area contributed by atoms with Gasteiger partial charge in [0.1, 0.15) is 5.88 Å². The maximum Gasteiger partial charge on any atom is 0.324 e. The van der Waals surface area contributed by atoms with E-state index in [2.05, 4.69) is 5.32 Å². The molecular formula is C7H11ClN2O2. The molecular weight excluding hydrogens is 180 g/mol. The van der Waals surface area contributed by atoms with Gasteiger partial charge in [-0.05, 0) is 12.8 Å². The fourth-order valence-corrected chi connectivity index (χ4v) is 0.935. The molecule has 1 aliphatic rings. The summed E-state index contributed by atoms with van der Waals surface area (Å²) in [5.74, 6) is -0.626. The van der Waals surface area contributed by atoms with Gasteiger partial charge in [-0.15, -0.1) is 11.6 Å². The lowest BCUT2D eigenvalue weighted by molar-refractivity contribution is -0.117. The number of imide groups is 1. The van der Waals surface area contributed by atoms with Crippen LogP contribution in [0.3, 0.4) is 0 Å². The first-order valence-corrected chi connectivity index (χ1v) is 4.31. The van der Waals surface area contributed by atoms with E-state index >= 15 is 0 Å². The Hall–Kier alpha value is -0.770. The highest BCUT2D eigenvalue weighted by molar-refractivity contribution is 6.28. The van der Waals surface area contributed by atoms with E-state index in [1.807, 2.05) is 0 Å². The third kappa shape index (κ3) is 2.37. The van der Waals surface area contributed by atoms with Crippen molar-refractivity contribution in [2.24, 2.45) is 0 Å². The fraction of sp³-hybridized carbons (Fsp3) is 0.714. The molecule has 0 aliphatic heterocycles. The molecule has 0 spiro atoms. The Morgan fingerprint density at radius 1 is 1.58 bits per heavy atom. The number of amides is 3. The van der Waals surface area contributed by atoms with E-state index in [1.165, 1.54) is 4.90 Å². The Morgan fingerprint density at radius 2 is 2.17 bits per heavy atom. The predicted octanol–water partition coefficient (Wildman–Crippen LogP) is 0.556. The van der Waals surface area contributed by atoms with E-state index in [0.717, 1.165) is 12.8 Å². The minimum absolute atomic E-state index is 0.176. The smallest absolute Gasteiger partial charge is 0.324 e. The average molecular weight is 191 g/mol. The van der Waals surface area contributed by atoms with Crippen LogP contribution in [0.25, 0.3) is 0 Å².